The molecule has 25 heavy (non-hydrogen) atoms. The normalized spacial score (nSPS) is 29.7. The molecule has 2 heterocycles. The number of aliphatic hydroxyl groups is 1. The van der Waals surface area contributed by atoms with Gasteiger partial charge in [-0.1, -0.05) is 17.7 Å². The van der Waals surface area contributed by atoms with E-state index in [1.165, 1.54) is 12.1 Å². The smallest absolute Gasteiger partial charge is 0.308 e. The largest absolute Gasteiger partial charge is 0.481 e. The molecule has 0 unspecified atom stereocenters. The van der Waals surface area contributed by atoms with Gasteiger partial charge >= 0.3 is 5.97 Å². The molecule has 3 atom stereocenters. The van der Waals surface area contributed by atoms with Crippen LogP contribution in [0.2, 0.25) is 0 Å². The maximum absolute atomic E-state index is 12.4. The summed E-state index contributed by atoms with van der Waals surface area (Å²) in [5, 5.41) is 19.3. The molecule has 1 aromatic carbocycles. The highest BCUT2D eigenvalue weighted by atomic mass is 32.2. The fourth-order valence-electron chi connectivity index (χ4n) is 4.08. The maximum atomic E-state index is 12.4. The Morgan fingerprint density at radius 1 is 1.36 bits per heavy atom. The Kier molecular flexibility index (Phi) is 4.89. The summed E-state index contributed by atoms with van der Waals surface area (Å²) in [4.78, 5) is 13.6. The second-order valence-corrected chi connectivity index (χ2v) is 8.56. The first-order valence-electron chi connectivity index (χ1n) is 8.36. The van der Waals surface area contributed by atoms with E-state index < -0.39 is 33.6 Å². The predicted octanol–water partition coefficient (Wildman–Crippen LogP) is 1.00. The zero-order valence-corrected chi connectivity index (χ0v) is 14.9. The minimum atomic E-state index is -3.95. The van der Waals surface area contributed by atoms with Crippen molar-refractivity contribution in [2.24, 2.45) is 5.92 Å². The lowest BCUT2D eigenvalue weighted by Gasteiger charge is -2.33. The number of fused-ring (bicyclic) bond motifs is 1. The molecule has 0 aliphatic carbocycles. The van der Waals surface area contributed by atoms with Crippen molar-refractivity contribution in [1.82, 2.24) is 4.90 Å². The summed E-state index contributed by atoms with van der Waals surface area (Å²) < 4.78 is 30.0. The predicted molar refractivity (Wildman–Crippen MR) is 89.6 cm³/mol. The molecule has 2 saturated heterocycles. The van der Waals surface area contributed by atoms with Crippen LogP contribution in [-0.4, -0.2) is 60.8 Å². The van der Waals surface area contributed by atoms with Gasteiger partial charge in [0.05, 0.1) is 24.0 Å². The van der Waals surface area contributed by atoms with E-state index in [4.69, 9.17) is 4.18 Å². The van der Waals surface area contributed by atoms with Gasteiger partial charge in [-0.15, -0.1) is 0 Å². The molecule has 2 fully saturated rings. The first-order chi connectivity index (χ1) is 11.8. The van der Waals surface area contributed by atoms with Gasteiger partial charge in [-0.3, -0.25) is 13.9 Å². The number of aryl methyl sites for hydroxylation is 1. The first kappa shape index (κ1) is 18.3. The number of aliphatic carboxylic acids is 1. The molecule has 0 bridgehead atoms. The molecule has 0 aromatic heterocycles. The molecular weight excluding hydrogens is 346 g/mol. The number of aliphatic hydroxyl groups excluding tert-OH is 1. The van der Waals surface area contributed by atoms with Crippen LogP contribution in [-0.2, 0) is 19.1 Å². The summed E-state index contributed by atoms with van der Waals surface area (Å²) in [5.41, 5.74) is 0.371. The van der Waals surface area contributed by atoms with Crippen molar-refractivity contribution in [1.29, 1.82) is 0 Å². The SMILES string of the molecule is Cc1ccc(S(=O)(=O)OC[C@@H]2[C@H](C(=O)O)C[C@]3(CO)CCCN23)cc1. The molecule has 7 nitrogen and oxygen atoms in total. The highest BCUT2D eigenvalue weighted by Gasteiger charge is 2.56. The average molecular weight is 369 g/mol. The van der Waals surface area contributed by atoms with E-state index in [0.717, 1.165) is 12.0 Å². The third-order valence-corrected chi connectivity index (χ3v) is 6.73. The zero-order valence-electron chi connectivity index (χ0n) is 14.1. The number of benzene rings is 1. The van der Waals surface area contributed by atoms with E-state index in [0.29, 0.717) is 19.4 Å². The minimum Gasteiger partial charge on any atom is -0.481 e. The van der Waals surface area contributed by atoms with Gasteiger partial charge < -0.3 is 10.2 Å². The van der Waals surface area contributed by atoms with E-state index in [2.05, 4.69) is 0 Å². The molecule has 0 saturated carbocycles. The number of rotatable bonds is 6. The maximum Gasteiger partial charge on any atom is 0.308 e. The summed E-state index contributed by atoms with van der Waals surface area (Å²) in [6, 6.07) is 5.75. The topological polar surface area (TPSA) is 104 Å². The Bertz CT molecular complexity index is 747. The highest BCUT2D eigenvalue weighted by molar-refractivity contribution is 7.86. The van der Waals surface area contributed by atoms with Crippen LogP contribution in [0.1, 0.15) is 24.8 Å². The van der Waals surface area contributed by atoms with Crippen molar-refractivity contribution in [3.8, 4) is 0 Å². The van der Waals surface area contributed by atoms with Gasteiger partial charge in [-0.25, -0.2) is 0 Å². The van der Waals surface area contributed by atoms with Gasteiger partial charge in [0, 0.05) is 11.6 Å². The summed E-state index contributed by atoms with van der Waals surface area (Å²) in [6.07, 6.45) is 1.89. The van der Waals surface area contributed by atoms with Crippen LogP contribution in [0.3, 0.4) is 0 Å². The number of carboxylic acid groups (broad SMARTS) is 1. The lowest BCUT2D eigenvalue weighted by molar-refractivity contribution is -0.142. The van der Waals surface area contributed by atoms with Crippen molar-refractivity contribution in [3.05, 3.63) is 29.8 Å². The van der Waals surface area contributed by atoms with Crippen LogP contribution in [0.15, 0.2) is 29.2 Å². The number of hydrogen-bond donors (Lipinski definition) is 2. The van der Waals surface area contributed by atoms with Crippen LogP contribution in [0.4, 0.5) is 0 Å². The molecule has 8 heteroatoms. The molecule has 0 amide bonds. The summed E-state index contributed by atoms with van der Waals surface area (Å²) in [6.45, 7) is 2.14. The van der Waals surface area contributed by atoms with Crippen LogP contribution in [0.25, 0.3) is 0 Å². The Morgan fingerprint density at radius 2 is 2.04 bits per heavy atom. The molecule has 0 spiro atoms. The first-order valence-corrected chi connectivity index (χ1v) is 9.76. The molecule has 3 rings (SSSR count). The van der Waals surface area contributed by atoms with Gasteiger partial charge in [0.2, 0.25) is 0 Å². The quantitative estimate of drug-likeness (QED) is 0.721. The number of carbonyl (C=O) groups is 1. The Balaban J connectivity index is 1.78. The monoisotopic (exact) mass is 369 g/mol. The van der Waals surface area contributed by atoms with Crippen LogP contribution in [0.5, 0.6) is 0 Å². The van der Waals surface area contributed by atoms with Gasteiger partial charge in [0.1, 0.15) is 0 Å². The molecular formula is C17H23NO6S. The molecule has 2 aliphatic heterocycles. The van der Waals surface area contributed by atoms with Crippen molar-refractivity contribution in [3.63, 3.8) is 0 Å². The van der Waals surface area contributed by atoms with Crippen molar-refractivity contribution in [2.75, 3.05) is 19.8 Å². The van der Waals surface area contributed by atoms with E-state index in [9.17, 15) is 23.4 Å². The number of carboxylic acids is 1. The van der Waals surface area contributed by atoms with E-state index in [1.807, 2.05) is 11.8 Å². The van der Waals surface area contributed by atoms with Gasteiger partial charge in [-0.2, -0.15) is 8.42 Å². The second kappa shape index (κ2) is 6.68. The zero-order chi connectivity index (χ0) is 18.2. The van der Waals surface area contributed by atoms with Crippen molar-refractivity contribution in [2.45, 2.75) is 42.7 Å². The Hall–Kier alpha value is -1.48. The third kappa shape index (κ3) is 3.31. The Labute approximate surface area is 147 Å². The van der Waals surface area contributed by atoms with Crippen LogP contribution >= 0.6 is 0 Å². The second-order valence-electron chi connectivity index (χ2n) is 6.95. The van der Waals surface area contributed by atoms with Crippen LogP contribution in [0, 0.1) is 12.8 Å². The van der Waals surface area contributed by atoms with Gasteiger partial charge in [0.15, 0.2) is 0 Å². The molecule has 1 aromatic rings. The van der Waals surface area contributed by atoms with Crippen molar-refractivity contribution >= 4 is 16.1 Å². The Morgan fingerprint density at radius 3 is 2.64 bits per heavy atom. The standard InChI is InChI=1S/C17H23NO6S/c1-12-3-5-13(6-4-12)25(22,23)24-10-15-14(16(20)21)9-17(11-19)7-2-8-18(15)17/h3-6,14-15,19H,2,7-11H2,1H3,(H,20,21)/t14-,15-,17+/m1/s1. The fraction of sp³-hybridized carbons (Fsp3) is 0.588. The van der Waals surface area contributed by atoms with E-state index >= 15 is 0 Å². The summed E-state index contributed by atoms with van der Waals surface area (Å²) in [5.74, 6) is -1.73. The van der Waals surface area contributed by atoms with E-state index in [-0.39, 0.29) is 18.1 Å². The van der Waals surface area contributed by atoms with Crippen molar-refractivity contribution < 1.29 is 27.6 Å². The van der Waals surface area contributed by atoms with Crippen LogP contribution < -0.4 is 0 Å². The number of nitrogens with zero attached hydrogens (tertiary/aromatic N) is 1. The number of hydrogen-bond acceptors (Lipinski definition) is 6. The third-order valence-electron chi connectivity index (χ3n) is 5.43. The average Bonchev–Trinajstić information content (AvgIpc) is 3.10. The highest BCUT2D eigenvalue weighted by Crippen LogP contribution is 2.45. The molecule has 2 N–H and O–H groups in total. The van der Waals surface area contributed by atoms with Gasteiger partial charge in [-0.05, 0) is 44.9 Å². The van der Waals surface area contributed by atoms with E-state index in [1.54, 1.807) is 12.1 Å². The fourth-order valence-corrected chi connectivity index (χ4v) is 5.01. The minimum absolute atomic E-state index is 0.0535. The summed E-state index contributed by atoms with van der Waals surface area (Å²) in [7, 11) is -3.95. The molecule has 2 aliphatic rings. The lowest BCUT2D eigenvalue weighted by atomic mass is 9.89. The van der Waals surface area contributed by atoms with Gasteiger partial charge in [0.25, 0.3) is 10.1 Å². The molecule has 0 radical (unpaired) electrons. The lowest BCUT2D eigenvalue weighted by Crippen LogP contribution is -2.47. The summed E-state index contributed by atoms with van der Waals surface area (Å²) >= 11 is 0. The molecule has 138 valence electrons.